The first-order chi connectivity index (χ1) is 24.9. The van der Waals surface area contributed by atoms with E-state index in [-0.39, 0.29) is 74.9 Å². The summed E-state index contributed by atoms with van der Waals surface area (Å²) in [5.74, 6) is -3.75. The fourth-order valence-electron chi connectivity index (χ4n) is 5.57. The van der Waals surface area contributed by atoms with Gasteiger partial charge in [0.25, 0.3) is 5.91 Å². The van der Waals surface area contributed by atoms with Crippen LogP contribution in [0.2, 0.25) is 0 Å². The van der Waals surface area contributed by atoms with Crippen molar-refractivity contribution in [3.63, 3.8) is 0 Å². The second-order valence-corrected chi connectivity index (χ2v) is 14.0. The smallest absolute Gasteiger partial charge is 0.371 e. The van der Waals surface area contributed by atoms with Crippen molar-refractivity contribution >= 4 is 44.3 Å². The van der Waals surface area contributed by atoms with Crippen LogP contribution in [0.25, 0.3) is 22.3 Å². The lowest BCUT2D eigenvalue weighted by Gasteiger charge is -2.25. The number of furan rings is 1. The molecular formula is C37H39FN2O11S. The normalized spacial score (nSPS) is 13.3. The molecule has 52 heavy (non-hydrogen) atoms. The third-order valence-electron chi connectivity index (χ3n) is 8.23. The SMILES string of the molecule is CNC(=O)c1c(-c2ccc(F)cc2)oc2cc(N(CCOCCOCCOCc3cccc(C(=O)/C=C(\O)C(=O)O)c3)S(C)(=O)=O)c(C3CC3)cc12. The Morgan fingerprint density at radius 2 is 1.63 bits per heavy atom. The van der Waals surface area contributed by atoms with Crippen molar-refractivity contribution in [3.8, 4) is 11.3 Å². The number of halogens is 1. The minimum atomic E-state index is -3.76. The number of hydrogen-bond acceptors (Lipinski definition) is 10. The fraction of sp³-hybridized carbons (Fsp3) is 0.324. The van der Waals surface area contributed by atoms with E-state index in [0.717, 1.165) is 24.7 Å². The first kappa shape index (κ1) is 38.1. The molecule has 1 amide bonds. The summed E-state index contributed by atoms with van der Waals surface area (Å²) < 4.78 is 64.1. The minimum Gasteiger partial charge on any atom is -0.502 e. The molecule has 4 aromatic rings. The first-order valence-electron chi connectivity index (χ1n) is 16.4. The van der Waals surface area contributed by atoms with Crippen LogP contribution in [0.3, 0.4) is 0 Å². The number of benzene rings is 3. The van der Waals surface area contributed by atoms with E-state index in [0.29, 0.717) is 33.9 Å². The number of carboxylic acids is 1. The van der Waals surface area contributed by atoms with Gasteiger partial charge in [0, 0.05) is 35.7 Å². The average molecular weight is 739 g/mol. The summed E-state index contributed by atoms with van der Waals surface area (Å²) in [6, 6.07) is 15.4. The number of carbonyl (C=O) groups is 3. The maximum absolute atomic E-state index is 13.7. The molecule has 0 saturated heterocycles. The number of ether oxygens (including phenoxy) is 3. The molecule has 0 spiro atoms. The van der Waals surface area contributed by atoms with Crippen LogP contribution in [-0.4, -0.2) is 89.2 Å². The molecule has 1 heterocycles. The molecule has 3 aromatic carbocycles. The maximum atomic E-state index is 13.7. The van der Waals surface area contributed by atoms with Crippen molar-refractivity contribution in [3.05, 3.63) is 101 Å². The van der Waals surface area contributed by atoms with Gasteiger partial charge in [-0.1, -0.05) is 18.2 Å². The van der Waals surface area contributed by atoms with Crippen molar-refractivity contribution in [2.24, 2.45) is 0 Å². The van der Waals surface area contributed by atoms with E-state index in [1.165, 1.54) is 47.8 Å². The molecule has 0 aliphatic heterocycles. The third kappa shape index (κ3) is 9.61. The van der Waals surface area contributed by atoms with Gasteiger partial charge < -0.3 is 34.2 Å². The number of aliphatic hydroxyl groups excluding tert-OH is 1. The number of carboxylic acid groups (broad SMARTS) is 1. The molecule has 13 nitrogen and oxygen atoms in total. The van der Waals surface area contributed by atoms with E-state index in [1.807, 2.05) is 6.07 Å². The van der Waals surface area contributed by atoms with Crippen LogP contribution in [0.4, 0.5) is 10.1 Å². The van der Waals surface area contributed by atoms with E-state index in [1.54, 1.807) is 18.2 Å². The lowest BCUT2D eigenvalue weighted by molar-refractivity contribution is -0.135. The quantitative estimate of drug-likeness (QED) is 0.0498. The van der Waals surface area contributed by atoms with Gasteiger partial charge in [-0.2, -0.15) is 0 Å². The maximum Gasteiger partial charge on any atom is 0.371 e. The van der Waals surface area contributed by atoms with Gasteiger partial charge in [0.1, 0.15) is 17.2 Å². The number of hydrogen-bond donors (Lipinski definition) is 3. The molecule has 3 N–H and O–H groups in total. The third-order valence-corrected chi connectivity index (χ3v) is 9.41. The Bertz CT molecular complexity index is 2070. The number of amides is 1. The topological polar surface area (TPSA) is 182 Å². The van der Waals surface area contributed by atoms with E-state index in [4.69, 9.17) is 23.7 Å². The second-order valence-electron chi connectivity index (χ2n) is 12.1. The van der Waals surface area contributed by atoms with Gasteiger partial charge in [0.05, 0.1) is 63.7 Å². The molecule has 1 aliphatic rings. The van der Waals surface area contributed by atoms with Crippen LogP contribution in [0.5, 0.6) is 0 Å². The number of allylic oxidation sites excluding steroid dienone is 1. The van der Waals surface area contributed by atoms with Gasteiger partial charge >= 0.3 is 5.97 Å². The van der Waals surface area contributed by atoms with Gasteiger partial charge in [0.2, 0.25) is 15.8 Å². The molecule has 0 radical (unpaired) electrons. The number of ketones is 1. The van der Waals surface area contributed by atoms with Gasteiger partial charge in [-0.25, -0.2) is 17.6 Å². The summed E-state index contributed by atoms with van der Waals surface area (Å²) in [6.07, 6.45) is 3.50. The summed E-state index contributed by atoms with van der Waals surface area (Å²) in [4.78, 5) is 35.9. The second kappa shape index (κ2) is 17.0. The number of nitrogens with one attached hydrogen (secondary N) is 1. The van der Waals surface area contributed by atoms with Gasteiger partial charge in [0.15, 0.2) is 5.78 Å². The molecule has 1 saturated carbocycles. The van der Waals surface area contributed by atoms with Gasteiger partial charge in [-0.05, 0) is 66.3 Å². The lowest BCUT2D eigenvalue weighted by atomic mass is 10.0. The number of nitrogens with zero attached hydrogens (tertiary/aromatic N) is 1. The zero-order valence-corrected chi connectivity index (χ0v) is 29.4. The molecule has 1 aromatic heterocycles. The first-order valence-corrected chi connectivity index (χ1v) is 18.3. The Morgan fingerprint density at radius 1 is 0.962 bits per heavy atom. The van der Waals surface area contributed by atoms with Crippen LogP contribution in [0.15, 0.2) is 76.9 Å². The zero-order chi connectivity index (χ0) is 37.4. The lowest BCUT2D eigenvalue weighted by Crippen LogP contribution is -2.34. The zero-order valence-electron chi connectivity index (χ0n) is 28.6. The van der Waals surface area contributed by atoms with Crippen molar-refractivity contribution < 1.29 is 56.0 Å². The summed E-state index contributed by atoms with van der Waals surface area (Å²) in [5, 5.41) is 21.2. The van der Waals surface area contributed by atoms with Crippen LogP contribution in [0.1, 0.15) is 50.6 Å². The number of carbonyl (C=O) groups excluding carboxylic acids is 2. The molecule has 1 aliphatic carbocycles. The van der Waals surface area contributed by atoms with E-state index in [9.17, 15) is 32.3 Å². The molecule has 276 valence electrons. The summed E-state index contributed by atoms with van der Waals surface area (Å²) in [6.45, 7) is 1.18. The minimum absolute atomic E-state index is 0.0221. The number of rotatable bonds is 19. The molecule has 5 rings (SSSR count). The Balaban J connectivity index is 1.15. The van der Waals surface area contributed by atoms with Gasteiger partial charge in [-0.3, -0.25) is 13.9 Å². The fourth-order valence-corrected chi connectivity index (χ4v) is 6.49. The van der Waals surface area contributed by atoms with Crippen LogP contribution >= 0.6 is 0 Å². The molecule has 0 bridgehead atoms. The van der Waals surface area contributed by atoms with E-state index >= 15 is 0 Å². The van der Waals surface area contributed by atoms with Gasteiger partial charge in [-0.15, -0.1) is 0 Å². The van der Waals surface area contributed by atoms with Crippen molar-refractivity contribution in [2.75, 3.05) is 57.2 Å². The molecular weight excluding hydrogens is 699 g/mol. The molecule has 0 unspecified atom stereocenters. The van der Waals surface area contributed by atoms with Crippen molar-refractivity contribution in [2.45, 2.75) is 25.4 Å². The number of sulfonamides is 1. The predicted molar refractivity (Wildman–Crippen MR) is 190 cm³/mol. The van der Waals surface area contributed by atoms with E-state index in [2.05, 4.69) is 5.32 Å². The summed E-state index contributed by atoms with van der Waals surface area (Å²) >= 11 is 0. The number of anilines is 1. The standard InChI is InChI=1S/C37H39FN2O11S/c1-39-36(43)34-29-19-28(24-6-7-24)30(20-33(29)51-35(34)25-8-10-27(38)11-9-25)40(52(2,46)47)12-13-48-14-15-49-16-17-50-22-23-4-3-5-26(18-23)31(41)21-32(42)37(44)45/h3-5,8-11,18-21,24,42H,6-7,12-17,22H2,1-2H3,(H,39,43)(H,44,45)/b32-21-. The Labute approximate surface area is 299 Å². The Kier molecular flexibility index (Phi) is 12.4. The largest absolute Gasteiger partial charge is 0.502 e. The number of fused-ring (bicyclic) bond motifs is 1. The van der Waals surface area contributed by atoms with Crippen LogP contribution in [0, 0.1) is 5.82 Å². The Morgan fingerprint density at radius 3 is 2.27 bits per heavy atom. The predicted octanol–water partition coefficient (Wildman–Crippen LogP) is 5.20. The Hall–Kier alpha value is -5.09. The molecule has 1 fully saturated rings. The highest BCUT2D eigenvalue weighted by Crippen LogP contribution is 2.48. The van der Waals surface area contributed by atoms with Crippen LogP contribution in [-0.2, 0) is 35.6 Å². The molecule has 15 heteroatoms. The highest BCUT2D eigenvalue weighted by atomic mass is 32.2. The van der Waals surface area contributed by atoms with Crippen LogP contribution < -0.4 is 9.62 Å². The number of aliphatic hydroxyl groups is 1. The van der Waals surface area contributed by atoms with Crippen molar-refractivity contribution in [1.29, 1.82) is 0 Å². The molecule has 0 atom stereocenters. The monoisotopic (exact) mass is 738 g/mol. The highest BCUT2D eigenvalue weighted by molar-refractivity contribution is 7.92. The highest BCUT2D eigenvalue weighted by Gasteiger charge is 2.33. The summed E-state index contributed by atoms with van der Waals surface area (Å²) in [5.41, 5.74) is 3.21. The van der Waals surface area contributed by atoms with Crippen molar-refractivity contribution in [1.82, 2.24) is 5.32 Å². The summed E-state index contributed by atoms with van der Waals surface area (Å²) in [7, 11) is -2.25. The number of aliphatic carboxylic acids is 1. The average Bonchev–Trinajstić information content (AvgIpc) is 3.89. The van der Waals surface area contributed by atoms with E-state index < -0.39 is 33.4 Å².